The maximum absolute atomic E-state index is 10.1. The molecule has 3 aromatic rings. The molecule has 21 heavy (non-hydrogen) atoms. The van der Waals surface area contributed by atoms with E-state index in [0.717, 1.165) is 17.5 Å². The van der Waals surface area contributed by atoms with Crippen molar-refractivity contribution in [2.24, 2.45) is 0 Å². The summed E-state index contributed by atoms with van der Waals surface area (Å²) in [7, 11) is 0. The molecular formula is C18H18N2O. The van der Waals surface area contributed by atoms with Crippen LogP contribution in [-0.4, -0.2) is 16.6 Å². The molecule has 0 aliphatic rings. The van der Waals surface area contributed by atoms with Crippen LogP contribution < -0.4 is 5.32 Å². The van der Waals surface area contributed by atoms with E-state index in [1.54, 1.807) is 0 Å². The van der Waals surface area contributed by atoms with Crippen LogP contribution in [0.5, 0.6) is 0 Å². The average Bonchev–Trinajstić information content (AvgIpc) is 2.56. The molecule has 0 aliphatic carbocycles. The Bertz CT molecular complexity index is 707. The summed E-state index contributed by atoms with van der Waals surface area (Å²) in [6.45, 7) is 1.26. The second-order valence-corrected chi connectivity index (χ2v) is 5.07. The van der Waals surface area contributed by atoms with Gasteiger partial charge in [0.25, 0.3) is 0 Å². The number of aromatic nitrogens is 1. The Morgan fingerprint density at radius 1 is 1.00 bits per heavy atom. The summed E-state index contributed by atoms with van der Waals surface area (Å²) >= 11 is 0. The van der Waals surface area contributed by atoms with Crippen LogP contribution in [0.15, 0.2) is 67.0 Å². The lowest BCUT2D eigenvalue weighted by atomic mass is 10.1. The Labute approximate surface area is 124 Å². The number of benzene rings is 2. The van der Waals surface area contributed by atoms with Crippen molar-refractivity contribution in [3.63, 3.8) is 0 Å². The second-order valence-electron chi connectivity index (χ2n) is 5.07. The van der Waals surface area contributed by atoms with Crippen LogP contribution in [0.25, 0.3) is 10.8 Å². The number of rotatable bonds is 5. The lowest BCUT2D eigenvalue weighted by Gasteiger charge is -2.13. The summed E-state index contributed by atoms with van der Waals surface area (Å²) in [5.74, 6) is 0. The monoisotopic (exact) mass is 278 g/mol. The van der Waals surface area contributed by atoms with Crippen LogP contribution in [0, 0.1) is 0 Å². The molecule has 0 saturated carbocycles. The molecule has 0 amide bonds. The summed E-state index contributed by atoms with van der Waals surface area (Å²) in [5.41, 5.74) is 2.15. The molecular weight excluding hydrogens is 260 g/mol. The molecule has 2 N–H and O–H groups in total. The molecule has 0 radical (unpaired) electrons. The molecule has 3 rings (SSSR count). The van der Waals surface area contributed by atoms with Crippen LogP contribution in [0.2, 0.25) is 0 Å². The Hall–Kier alpha value is -2.23. The van der Waals surface area contributed by atoms with Crippen molar-refractivity contribution in [1.82, 2.24) is 10.3 Å². The number of aliphatic hydroxyl groups is 1. The number of hydrogen-bond acceptors (Lipinski definition) is 3. The zero-order valence-electron chi connectivity index (χ0n) is 11.7. The maximum atomic E-state index is 10.1. The molecule has 0 saturated heterocycles. The van der Waals surface area contributed by atoms with Crippen molar-refractivity contribution >= 4 is 10.8 Å². The predicted octanol–water partition coefficient (Wildman–Crippen LogP) is 3.06. The fourth-order valence-corrected chi connectivity index (χ4v) is 2.48. The molecule has 0 aliphatic heterocycles. The number of nitrogens with zero attached hydrogens (tertiary/aromatic N) is 1. The molecule has 1 unspecified atom stereocenters. The third kappa shape index (κ3) is 3.27. The van der Waals surface area contributed by atoms with E-state index in [2.05, 4.69) is 22.4 Å². The molecule has 3 heteroatoms. The molecule has 0 spiro atoms. The predicted molar refractivity (Wildman–Crippen MR) is 84.9 cm³/mol. The van der Waals surface area contributed by atoms with Gasteiger partial charge in [-0.05, 0) is 22.6 Å². The first-order valence-corrected chi connectivity index (χ1v) is 7.10. The first kappa shape index (κ1) is 13.7. The molecule has 106 valence electrons. The lowest BCUT2D eigenvalue weighted by Crippen LogP contribution is -2.21. The van der Waals surface area contributed by atoms with Gasteiger partial charge in [-0.3, -0.25) is 4.98 Å². The van der Waals surface area contributed by atoms with Crippen LogP contribution in [-0.2, 0) is 6.54 Å². The van der Waals surface area contributed by atoms with Crippen molar-refractivity contribution in [3.8, 4) is 0 Å². The van der Waals surface area contributed by atoms with Crippen molar-refractivity contribution in [1.29, 1.82) is 0 Å². The van der Waals surface area contributed by atoms with E-state index in [9.17, 15) is 5.11 Å². The Morgan fingerprint density at radius 3 is 2.71 bits per heavy atom. The third-order valence-corrected chi connectivity index (χ3v) is 3.61. The zero-order valence-corrected chi connectivity index (χ0v) is 11.7. The molecule has 1 aromatic heterocycles. The van der Waals surface area contributed by atoms with Gasteiger partial charge in [0.15, 0.2) is 0 Å². The van der Waals surface area contributed by atoms with Gasteiger partial charge in [0.1, 0.15) is 0 Å². The van der Waals surface area contributed by atoms with Crippen molar-refractivity contribution < 1.29 is 5.11 Å². The molecule has 0 bridgehead atoms. The minimum Gasteiger partial charge on any atom is -0.387 e. The van der Waals surface area contributed by atoms with Gasteiger partial charge in [0.2, 0.25) is 0 Å². The first-order chi connectivity index (χ1) is 10.3. The number of aliphatic hydroxyl groups excluding tert-OH is 1. The first-order valence-electron chi connectivity index (χ1n) is 7.10. The fourth-order valence-electron chi connectivity index (χ4n) is 2.48. The SMILES string of the molecule is OC(CNCc1cccc2cnccc12)c1ccccc1. The maximum Gasteiger partial charge on any atom is 0.0914 e. The van der Waals surface area contributed by atoms with E-state index >= 15 is 0 Å². The van der Waals surface area contributed by atoms with Gasteiger partial charge in [0, 0.05) is 30.9 Å². The largest absolute Gasteiger partial charge is 0.387 e. The van der Waals surface area contributed by atoms with E-state index in [4.69, 9.17) is 0 Å². The van der Waals surface area contributed by atoms with E-state index in [1.165, 1.54) is 10.9 Å². The van der Waals surface area contributed by atoms with Gasteiger partial charge in [-0.15, -0.1) is 0 Å². The van der Waals surface area contributed by atoms with Gasteiger partial charge in [-0.25, -0.2) is 0 Å². The number of pyridine rings is 1. The van der Waals surface area contributed by atoms with Gasteiger partial charge >= 0.3 is 0 Å². The highest BCUT2D eigenvalue weighted by atomic mass is 16.3. The summed E-state index contributed by atoms with van der Waals surface area (Å²) in [6.07, 6.45) is 3.20. The molecule has 0 fully saturated rings. The van der Waals surface area contributed by atoms with E-state index in [1.807, 2.05) is 54.9 Å². The summed E-state index contributed by atoms with van der Waals surface area (Å²) in [6, 6.07) is 17.9. The van der Waals surface area contributed by atoms with Gasteiger partial charge < -0.3 is 10.4 Å². The third-order valence-electron chi connectivity index (χ3n) is 3.61. The topological polar surface area (TPSA) is 45.1 Å². The quantitative estimate of drug-likeness (QED) is 0.754. The molecule has 1 atom stereocenters. The summed E-state index contributed by atoms with van der Waals surface area (Å²) in [5, 5.41) is 15.8. The van der Waals surface area contributed by atoms with Crippen LogP contribution >= 0.6 is 0 Å². The number of fused-ring (bicyclic) bond motifs is 1. The van der Waals surface area contributed by atoms with Gasteiger partial charge in [-0.1, -0.05) is 48.5 Å². The summed E-state index contributed by atoms with van der Waals surface area (Å²) in [4.78, 5) is 4.14. The molecule has 1 heterocycles. The Kier molecular flexibility index (Phi) is 4.24. The zero-order chi connectivity index (χ0) is 14.5. The van der Waals surface area contributed by atoms with Crippen molar-refractivity contribution in [3.05, 3.63) is 78.1 Å². The average molecular weight is 278 g/mol. The van der Waals surface area contributed by atoms with Crippen molar-refractivity contribution in [2.75, 3.05) is 6.54 Å². The number of nitrogens with one attached hydrogen (secondary N) is 1. The lowest BCUT2D eigenvalue weighted by molar-refractivity contribution is 0.174. The highest BCUT2D eigenvalue weighted by molar-refractivity contribution is 5.84. The minimum absolute atomic E-state index is 0.483. The second kappa shape index (κ2) is 6.48. The number of hydrogen-bond donors (Lipinski definition) is 2. The van der Waals surface area contributed by atoms with E-state index in [-0.39, 0.29) is 0 Å². The normalized spacial score (nSPS) is 12.4. The van der Waals surface area contributed by atoms with Crippen LogP contribution in [0.1, 0.15) is 17.2 Å². The Morgan fingerprint density at radius 2 is 1.86 bits per heavy atom. The smallest absolute Gasteiger partial charge is 0.0914 e. The van der Waals surface area contributed by atoms with Gasteiger partial charge in [-0.2, -0.15) is 0 Å². The fraction of sp³-hybridized carbons (Fsp3) is 0.167. The standard InChI is InChI=1S/C18H18N2O/c21-18(14-5-2-1-3-6-14)13-20-12-16-8-4-7-15-11-19-10-9-17(15)16/h1-11,18,20-21H,12-13H2. The Balaban J connectivity index is 1.65. The van der Waals surface area contributed by atoms with Gasteiger partial charge in [0.05, 0.1) is 6.10 Å². The van der Waals surface area contributed by atoms with Crippen LogP contribution in [0.3, 0.4) is 0 Å². The van der Waals surface area contributed by atoms with Crippen LogP contribution in [0.4, 0.5) is 0 Å². The highest BCUT2D eigenvalue weighted by Gasteiger charge is 2.06. The van der Waals surface area contributed by atoms with Crippen molar-refractivity contribution in [2.45, 2.75) is 12.6 Å². The minimum atomic E-state index is -0.483. The van der Waals surface area contributed by atoms with E-state index < -0.39 is 6.10 Å². The van der Waals surface area contributed by atoms with E-state index in [0.29, 0.717) is 6.54 Å². The molecule has 2 aromatic carbocycles. The summed E-state index contributed by atoms with van der Waals surface area (Å²) < 4.78 is 0. The highest BCUT2D eigenvalue weighted by Crippen LogP contribution is 2.17. The molecule has 3 nitrogen and oxygen atoms in total.